The molecule has 98 valence electrons. The largest absolute Gasteiger partial charge is 0.349 e. The molecule has 1 heterocycles. The molecule has 1 saturated carbocycles. The third-order valence-electron chi connectivity index (χ3n) is 3.54. The molecule has 0 bridgehead atoms. The molecule has 0 aromatic carbocycles. The normalized spacial score (nSPS) is 22.5. The standard InChI is InChI=1S/C14H19BrN2O/c1-14(2)7-3-5-10(9-14)17-13(18)11-6-4-8-16-12(11)15/h4,6,8,10H,3,5,7,9H2,1-2H3,(H,17,18). The van der Waals surface area contributed by atoms with E-state index in [2.05, 4.69) is 40.1 Å². The van der Waals surface area contributed by atoms with Crippen molar-refractivity contribution >= 4 is 21.8 Å². The highest BCUT2D eigenvalue weighted by Gasteiger charge is 2.29. The van der Waals surface area contributed by atoms with Gasteiger partial charge in [0.25, 0.3) is 5.91 Å². The fourth-order valence-corrected chi connectivity index (χ4v) is 3.07. The number of nitrogens with zero attached hydrogens (tertiary/aromatic N) is 1. The first kappa shape index (κ1) is 13.5. The molecular formula is C14H19BrN2O. The van der Waals surface area contributed by atoms with Crippen LogP contribution in [0.2, 0.25) is 0 Å². The van der Waals surface area contributed by atoms with Gasteiger partial charge in [0, 0.05) is 12.2 Å². The summed E-state index contributed by atoms with van der Waals surface area (Å²) in [5.41, 5.74) is 0.948. The number of aromatic nitrogens is 1. The van der Waals surface area contributed by atoms with Crippen LogP contribution < -0.4 is 5.32 Å². The number of carbonyl (C=O) groups excluding carboxylic acids is 1. The minimum atomic E-state index is -0.0299. The molecular weight excluding hydrogens is 292 g/mol. The first-order valence-corrected chi connectivity index (χ1v) is 7.19. The zero-order valence-corrected chi connectivity index (χ0v) is 12.5. The minimum Gasteiger partial charge on any atom is -0.349 e. The minimum absolute atomic E-state index is 0.0299. The Morgan fingerprint density at radius 3 is 3.00 bits per heavy atom. The Labute approximate surface area is 117 Å². The van der Waals surface area contributed by atoms with Crippen molar-refractivity contribution in [3.05, 3.63) is 28.5 Å². The molecule has 1 atom stereocenters. The summed E-state index contributed by atoms with van der Waals surface area (Å²) in [6.45, 7) is 4.54. The molecule has 2 rings (SSSR count). The first-order chi connectivity index (χ1) is 8.48. The van der Waals surface area contributed by atoms with Gasteiger partial charge in [-0.15, -0.1) is 0 Å². The van der Waals surface area contributed by atoms with E-state index in [-0.39, 0.29) is 11.9 Å². The zero-order valence-electron chi connectivity index (χ0n) is 10.9. The molecule has 1 amide bonds. The van der Waals surface area contributed by atoms with Crippen LogP contribution in [-0.4, -0.2) is 16.9 Å². The summed E-state index contributed by atoms with van der Waals surface area (Å²) in [6.07, 6.45) is 6.23. The van der Waals surface area contributed by atoms with Crippen molar-refractivity contribution in [1.82, 2.24) is 10.3 Å². The van der Waals surface area contributed by atoms with Gasteiger partial charge in [-0.25, -0.2) is 4.98 Å². The van der Waals surface area contributed by atoms with E-state index in [1.165, 1.54) is 12.8 Å². The monoisotopic (exact) mass is 310 g/mol. The first-order valence-electron chi connectivity index (χ1n) is 6.39. The number of nitrogens with one attached hydrogen (secondary N) is 1. The van der Waals surface area contributed by atoms with E-state index in [4.69, 9.17) is 0 Å². The Morgan fingerprint density at radius 2 is 2.33 bits per heavy atom. The van der Waals surface area contributed by atoms with E-state index in [1.54, 1.807) is 18.3 Å². The molecule has 0 saturated heterocycles. The Balaban J connectivity index is 2.02. The van der Waals surface area contributed by atoms with Gasteiger partial charge in [0.15, 0.2) is 0 Å². The fraction of sp³-hybridized carbons (Fsp3) is 0.571. The van der Waals surface area contributed by atoms with Crippen LogP contribution in [0.5, 0.6) is 0 Å². The molecule has 1 N–H and O–H groups in total. The Morgan fingerprint density at radius 1 is 1.56 bits per heavy atom. The molecule has 1 aliphatic carbocycles. The van der Waals surface area contributed by atoms with Gasteiger partial charge >= 0.3 is 0 Å². The van der Waals surface area contributed by atoms with Gasteiger partial charge in [0.2, 0.25) is 0 Å². The van der Waals surface area contributed by atoms with Crippen LogP contribution in [0.1, 0.15) is 49.9 Å². The predicted octanol–water partition coefficient (Wildman–Crippen LogP) is 3.54. The zero-order chi connectivity index (χ0) is 13.2. The number of amides is 1. The molecule has 1 aliphatic rings. The molecule has 3 nitrogen and oxygen atoms in total. The van der Waals surface area contributed by atoms with Crippen LogP contribution in [0.4, 0.5) is 0 Å². The Hall–Kier alpha value is -0.900. The molecule has 1 fully saturated rings. The topological polar surface area (TPSA) is 42.0 Å². The van der Waals surface area contributed by atoms with E-state index in [1.807, 2.05) is 0 Å². The highest BCUT2D eigenvalue weighted by molar-refractivity contribution is 9.10. The van der Waals surface area contributed by atoms with Crippen molar-refractivity contribution < 1.29 is 4.79 Å². The summed E-state index contributed by atoms with van der Waals surface area (Å²) in [5, 5.41) is 3.12. The second-order valence-corrected chi connectivity index (χ2v) is 6.52. The number of carbonyl (C=O) groups is 1. The maximum Gasteiger partial charge on any atom is 0.254 e. The summed E-state index contributed by atoms with van der Waals surface area (Å²) >= 11 is 3.31. The van der Waals surface area contributed by atoms with Crippen LogP contribution in [0.3, 0.4) is 0 Å². The Kier molecular flexibility index (Phi) is 4.05. The average molecular weight is 311 g/mol. The van der Waals surface area contributed by atoms with E-state index in [9.17, 15) is 4.79 Å². The molecule has 1 aromatic rings. The SMILES string of the molecule is CC1(C)CCCC(NC(=O)c2cccnc2Br)C1. The summed E-state index contributed by atoms with van der Waals surface area (Å²) in [4.78, 5) is 16.2. The summed E-state index contributed by atoms with van der Waals surface area (Å²) in [5.74, 6) is -0.0299. The van der Waals surface area contributed by atoms with Gasteiger partial charge in [0.05, 0.1) is 5.56 Å². The lowest BCUT2D eigenvalue weighted by atomic mass is 9.75. The fourth-order valence-electron chi connectivity index (χ4n) is 2.64. The molecule has 0 spiro atoms. The predicted molar refractivity (Wildman–Crippen MR) is 75.4 cm³/mol. The van der Waals surface area contributed by atoms with Crippen molar-refractivity contribution in [1.29, 1.82) is 0 Å². The number of hydrogen-bond donors (Lipinski definition) is 1. The molecule has 0 aliphatic heterocycles. The van der Waals surface area contributed by atoms with Gasteiger partial charge in [-0.1, -0.05) is 20.3 Å². The van der Waals surface area contributed by atoms with Crippen molar-refractivity contribution in [2.24, 2.45) is 5.41 Å². The van der Waals surface area contributed by atoms with E-state index in [0.29, 0.717) is 15.6 Å². The summed E-state index contributed by atoms with van der Waals surface area (Å²) in [7, 11) is 0. The Bertz CT molecular complexity index is 445. The van der Waals surface area contributed by atoms with Gasteiger partial charge in [-0.2, -0.15) is 0 Å². The van der Waals surface area contributed by atoms with Crippen LogP contribution in [0, 0.1) is 5.41 Å². The third kappa shape index (κ3) is 3.31. The maximum absolute atomic E-state index is 12.2. The highest BCUT2D eigenvalue weighted by atomic mass is 79.9. The van der Waals surface area contributed by atoms with Crippen LogP contribution in [0.25, 0.3) is 0 Å². The van der Waals surface area contributed by atoms with Crippen LogP contribution >= 0.6 is 15.9 Å². The molecule has 1 aromatic heterocycles. The van der Waals surface area contributed by atoms with Crippen molar-refractivity contribution in [3.8, 4) is 0 Å². The lowest BCUT2D eigenvalue weighted by molar-refractivity contribution is 0.0901. The summed E-state index contributed by atoms with van der Waals surface area (Å²) in [6, 6.07) is 3.86. The van der Waals surface area contributed by atoms with Gasteiger partial charge in [-0.05, 0) is 52.7 Å². The van der Waals surface area contributed by atoms with E-state index >= 15 is 0 Å². The van der Waals surface area contributed by atoms with Crippen molar-refractivity contribution in [2.45, 2.75) is 45.6 Å². The lowest BCUT2D eigenvalue weighted by Crippen LogP contribution is -2.40. The number of rotatable bonds is 2. The molecule has 4 heteroatoms. The second-order valence-electron chi connectivity index (χ2n) is 5.77. The molecule has 1 unspecified atom stereocenters. The molecule has 18 heavy (non-hydrogen) atoms. The number of pyridine rings is 1. The quantitative estimate of drug-likeness (QED) is 0.849. The molecule has 0 radical (unpaired) electrons. The smallest absolute Gasteiger partial charge is 0.254 e. The number of halogens is 1. The van der Waals surface area contributed by atoms with Crippen molar-refractivity contribution in [3.63, 3.8) is 0 Å². The van der Waals surface area contributed by atoms with Crippen molar-refractivity contribution in [2.75, 3.05) is 0 Å². The van der Waals surface area contributed by atoms with E-state index in [0.717, 1.165) is 12.8 Å². The van der Waals surface area contributed by atoms with Crippen LogP contribution in [-0.2, 0) is 0 Å². The second kappa shape index (κ2) is 5.39. The average Bonchev–Trinajstić information content (AvgIpc) is 2.28. The van der Waals surface area contributed by atoms with Gasteiger partial charge in [0.1, 0.15) is 4.60 Å². The van der Waals surface area contributed by atoms with Crippen LogP contribution in [0.15, 0.2) is 22.9 Å². The maximum atomic E-state index is 12.2. The number of hydrogen-bond acceptors (Lipinski definition) is 2. The van der Waals surface area contributed by atoms with E-state index < -0.39 is 0 Å². The third-order valence-corrected chi connectivity index (χ3v) is 4.18. The summed E-state index contributed by atoms with van der Waals surface area (Å²) < 4.78 is 0.609. The van der Waals surface area contributed by atoms with Gasteiger partial charge < -0.3 is 5.32 Å². The highest BCUT2D eigenvalue weighted by Crippen LogP contribution is 2.35. The van der Waals surface area contributed by atoms with Gasteiger partial charge in [-0.3, -0.25) is 4.79 Å². The lowest BCUT2D eigenvalue weighted by Gasteiger charge is -2.35.